The van der Waals surface area contributed by atoms with E-state index in [2.05, 4.69) is 5.32 Å². The van der Waals surface area contributed by atoms with Crippen LogP contribution in [-0.2, 0) is 9.59 Å². The van der Waals surface area contributed by atoms with Gasteiger partial charge in [-0.15, -0.1) is 0 Å². The molecular formula is C14H28N2O3. The number of carboxylic acids is 1. The van der Waals surface area contributed by atoms with Crippen molar-refractivity contribution in [2.45, 2.75) is 65.5 Å². The summed E-state index contributed by atoms with van der Waals surface area (Å²) in [7, 11) is 0. The fourth-order valence-electron chi connectivity index (χ4n) is 1.78. The summed E-state index contributed by atoms with van der Waals surface area (Å²) >= 11 is 0. The minimum absolute atomic E-state index is 0.0311. The molecule has 5 nitrogen and oxygen atoms in total. The smallest absolute Gasteiger partial charge is 0.306 e. The van der Waals surface area contributed by atoms with Gasteiger partial charge in [0.05, 0.1) is 12.0 Å². The Labute approximate surface area is 115 Å². The van der Waals surface area contributed by atoms with Crippen LogP contribution in [0.4, 0.5) is 0 Å². The van der Waals surface area contributed by atoms with Crippen LogP contribution < -0.4 is 11.1 Å². The van der Waals surface area contributed by atoms with E-state index in [1.807, 2.05) is 20.8 Å². The zero-order valence-electron chi connectivity index (χ0n) is 12.5. The molecule has 0 aromatic heterocycles. The molecule has 0 bridgehead atoms. The molecule has 0 aromatic carbocycles. The number of carbonyl (C=O) groups excluding carboxylic acids is 1. The van der Waals surface area contributed by atoms with Gasteiger partial charge in [0.15, 0.2) is 0 Å². The average molecular weight is 272 g/mol. The van der Waals surface area contributed by atoms with Crippen LogP contribution in [0.1, 0.15) is 53.4 Å². The van der Waals surface area contributed by atoms with Crippen LogP contribution in [0.15, 0.2) is 0 Å². The Kier molecular flexibility index (Phi) is 8.39. The second-order valence-corrected chi connectivity index (χ2v) is 5.49. The molecule has 0 fully saturated rings. The number of carboxylic acid groups (broad SMARTS) is 1. The summed E-state index contributed by atoms with van der Waals surface area (Å²) in [6.07, 6.45) is 3.07. The van der Waals surface area contributed by atoms with Gasteiger partial charge in [0.2, 0.25) is 5.91 Å². The number of nitrogens with one attached hydrogen (secondary N) is 1. The van der Waals surface area contributed by atoms with E-state index in [1.165, 1.54) is 0 Å². The largest absolute Gasteiger partial charge is 0.481 e. The lowest BCUT2D eigenvalue weighted by Crippen LogP contribution is -2.47. The SMILES string of the molecule is CC[C@H](C)[C@H](N)C(=O)NC(C)CCCC(C)C(=O)O. The summed E-state index contributed by atoms with van der Waals surface area (Å²) in [5.74, 6) is -1.05. The molecule has 0 saturated carbocycles. The van der Waals surface area contributed by atoms with Crippen LogP contribution in [-0.4, -0.2) is 29.1 Å². The Morgan fingerprint density at radius 3 is 2.26 bits per heavy atom. The first kappa shape index (κ1) is 17.9. The molecule has 19 heavy (non-hydrogen) atoms. The fourth-order valence-corrected chi connectivity index (χ4v) is 1.78. The van der Waals surface area contributed by atoms with Crippen LogP contribution in [0.3, 0.4) is 0 Å². The van der Waals surface area contributed by atoms with Gasteiger partial charge in [-0.2, -0.15) is 0 Å². The molecular weight excluding hydrogens is 244 g/mol. The third-order valence-electron chi connectivity index (χ3n) is 3.64. The molecule has 0 aliphatic heterocycles. The molecule has 1 amide bonds. The van der Waals surface area contributed by atoms with Crippen LogP contribution in [0.2, 0.25) is 0 Å². The third kappa shape index (κ3) is 7.15. The summed E-state index contributed by atoms with van der Waals surface area (Å²) in [5, 5.41) is 11.7. The molecule has 0 spiro atoms. The van der Waals surface area contributed by atoms with Crippen molar-refractivity contribution in [2.75, 3.05) is 0 Å². The van der Waals surface area contributed by atoms with Gasteiger partial charge in [0, 0.05) is 6.04 Å². The van der Waals surface area contributed by atoms with Gasteiger partial charge >= 0.3 is 5.97 Å². The normalized spacial score (nSPS) is 17.3. The van der Waals surface area contributed by atoms with Crippen molar-refractivity contribution < 1.29 is 14.7 Å². The van der Waals surface area contributed by atoms with E-state index in [0.717, 1.165) is 19.3 Å². The maximum absolute atomic E-state index is 11.8. The Morgan fingerprint density at radius 1 is 1.21 bits per heavy atom. The Balaban J connectivity index is 3.94. The van der Waals surface area contributed by atoms with E-state index in [1.54, 1.807) is 6.92 Å². The highest BCUT2D eigenvalue weighted by molar-refractivity contribution is 5.82. The quantitative estimate of drug-likeness (QED) is 0.596. The summed E-state index contributed by atoms with van der Waals surface area (Å²) < 4.78 is 0. The highest BCUT2D eigenvalue weighted by Crippen LogP contribution is 2.10. The molecule has 0 aromatic rings. The second-order valence-electron chi connectivity index (χ2n) is 5.49. The van der Waals surface area contributed by atoms with Gasteiger partial charge in [0.1, 0.15) is 0 Å². The van der Waals surface area contributed by atoms with E-state index >= 15 is 0 Å². The minimum atomic E-state index is -0.768. The zero-order chi connectivity index (χ0) is 15.0. The predicted octanol–water partition coefficient (Wildman–Crippen LogP) is 1.76. The van der Waals surface area contributed by atoms with Gasteiger partial charge in [-0.25, -0.2) is 0 Å². The van der Waals surface area contributed by atoms with Crippen molar-refractivity contribution in [3.8, 4) is 0 Å². The number of aliphatic carboxylic acids is 1. The Hall–Kier alpha value is -1.10. The van der Waals surface area contributed by atoms with Crippen molar-refractivity contribution in [3.05, 3.63) is 0 Å². The maximum Gasteiger partial charge on any atom is 0.306 e. The van der Waals surface area contributed by atoms with Crippen molar-refractivity contribution in [2.24, 2.45) is 17.6 Å². The van der Waals surface area contributed by atoms with E-state index in [-0.39, 0.29) is 23.8 Å². The molecule has 112 valence electrons. The van der Waals surface area contributed by atoms with Crippen LogP contribution in [0.5, 0.6) is 0 Å². The van der Waals surface area contributed by atoms with Crippen molar-refractivity contribution >= 4 is 11.9 Å². The van der Waals surface area contributed by atoms with Gasteiger partial charge in [-0.3, -0.25) is 9.59 Å². The maximum atomic E-state index is 11.8. The minimum Gasteiger partial charge on any atom is -0.481 e. The van der Waals surface area contributed by atoms with E-state index < -0.39 is 12.0 Å². The van der Waals surface area contributed by atoms with Crippen LogP contribution in [0, 0.1) is 11.8 Å². The standard InChI is InChI=1S/C14H28N2O3/c1-5-9(2)12(15)13(17)16-11(4)8-6-7-10(3)14(18)19/h9-12H,5-8,15H2,1-4H3,(H,16,17)(H,18,19)/t9-,10?,11?,12-/m0/s1. The third-order valence-corrected chi connectivity index (χ3v) is 3.64. The molecule has 0 saturated heterocycles. The molecule has 4 N–H and O–H groups in total. The highest BCUT2D eigenvalue weighted by Gasteiger charge is 2.20. The first-order chi connectivity index (χ1) is 8.79. The van der Waals surface area contributed by atoms with E-state index in [4.69, 9.17) is 10.8 Å². The van der Waals surface area contributed by atoms with E-state index in [9.17, 15) is 9.59 Å². The van der Waals surface area contributed by atoms with Gasteiger partial charge < -0.3 is 16.2 Å². The molecule has 0 aliphatic rings. The molecule has 0 heterocycles. The van der Waals surface area contributed by atoms with Crippen molar-refractivity contribution in [1.82, 2.24) is 5.32 Å². The van der Waals surface area contributed by atoms with Gasteiger partial charge in [-0.1, -0.05) is 33.6 Å². The van der Waals surface area contributed by atoms with Crippen molar-refractivity contribution in [3.63, 3.8) is 0 Å². The first-order valence-corrected chi connectivity index (χ1v) is 7.08. The molecule has 0 radical (unpaired) electrons. The summed E-state index contributed by atoms with van der Waals surface area (Å²) in [4.78, 5) is 22.5. The lowest BCUT2D eigenvalue weighted by Gasteiger charge is -2.21. The van der Waals surface area contributed by atoms with Gasteiger partial charge in [0.25, 0.3) is 0 Å². The van der Waals surface area contributed by atoms with Crippen molar-refractivity contribution in [1.29, 1.82) is 0 Å². The summed E-state index contributed by atoms with van der Waals surface area (Å²) in [5.41, 5.74) is 5.85. The fraction of sp³-hybridized carbons (Fsp3) is 0.857. The first-order valence-electron chi connectivity index (χ1n) is 7.08. The Bertz CT molecular complexity index is 294. The molecule has 0 aliphatic carbocycles. The lowest BCUT2D eigenvalue weighted by atomic mass is 9.98. The molecule has 5 heteroatoms. The summed E-state index contributed by atoms with van der Waals surface area (Å²) in [6, 6.07) is -0.436. The Morgan fingerprint density at radius 2 is 1.79 bits per heavy atom. The number of hydrogen-bond acceptors (Lipinski definition) is 3. The molecule has 4 atom stereocenters. The second kappa shape index (κ2) is 8.91. The van der Waals surface area contributed by atoms with Crippen LogP contribution in [0.25, 0.3) is 0 Å². The van der Waals surface area contributed by atoms with E-state index in [0.29, 0.717) is 6.42 Å². The zero-order valence-corrected chi connectivity index (χ0v) is 12.5. The van der Waals surface area contributed by atoms with Crippen LogP contribution >= 0.6 is 0 Å². The molecule has 2 unspecified atom stereocenters. The number of rotatable bonds is 9. The highest BCUT2D eigenvalue weighted by atomic mass is 16.4. The number of amides is 1. The lowest BCUT2D eigenvalue weighted by molar-refractivity contribution is -0.141. The number of hydrogen-bond donors (Lipinski definition) is 3. The molecule has 0 rings (SSSR count). The predicted molar refractivity (Wildman–Crippen MR) is 75.7 cm³/mol. The average Bonchev–Trinajstić information content (AvgIpc) is 2.36. The van der Waals surface area contributed by atoms with Gasteiger partial charge in [-0.05, 0) is 25.7 Å². The number of nitrogens with two attached hydrogens (primary N) is 1. The summed E-state index contributed by atoms with van der Waals surface area (Å²) in [6.45, 7) is 7.59. The topological polar surface area (TPSA) is 92.4 Å². The monoisotopic (exact) mass is 272 g/mol. The number of carbonyl (C=O) groups is 2.